The van der Waals surface area contributed by atoms with E-state index in [1.807, 2.05) is 0 Å². The smallest absolute Gasteiger partial charge is 0.337 e. The Hall–Kier alpha value is -2.04. The lowest BCUT2D eigenvalue weighted by molar-refractivity contribution is -0.123. The summed E-state index contributed by atoms with van der Waals surface area (Å²) in [6.07, 6.45) is 0. The summed E-state index contributed by atoms with van der Waals surface area (Å²) in [4.78, 5) is 22.9. The second-order valence-electron chi connectivity index (χ2n) is 4.92. The molecular weight excluding hydrogens is 234 g/mol. The van der Waals surface area contributed by atoms with Crippen molar-refractivity contribution >= 4 is 17.6 Å². The summed E-state index contributed by atoms with van der Waals surface area (Å²) in [5.74, 6) is -0.857. The van der Waals surface area contributed by atoms with Crippen molar-refractivity contribution in [3.63, 3.8) is 0 Å². The first-order chi connectivity index (χ1) is 8.25. The number of benzene rings is 1. The molecule has 0 aromatic heterocycles. The quantitative estimate of drug-likeness (QED) is 0.864. The van der Waals surface area contributed by atoms with Crippen molar-refractivity contribution < 1.29 is 19.4 Å². The molecule has 2 N–H and O–H groups in total. The number of carboxylic acid groups (broad SMARTS) is 1. The van der Waals surface area contributed by atoms with Gasteiger partial charge in [-0.05, 0) is 12.1 Å². The Morgan fingerprint density at radius 3 is 2.33 bits per heavy atom. The van der Waals surface area contributed by atoms with Gasteiger partial charge in [-0.3, -0.25) is 4.79 Å². The van der Waals surface area contributed by atoms with Gasteiger partial charge in [0, 0.05) is 11.5 Å². The molecule has 1 aromatic rings. The Morgan fingerprint density at radius 1 is 1.28 bits per heavy atom. The fourth-order valence-corrected chi connectivity index (χ4v) is 1.25. The number of carbonyl (C=O) groups is 2. The van der Waals surface area contributed by atoms with Crippen LogP contribution in [0.2, 0.25) is 0 Å². The molecule has 0 aliphatic heterocycles. The number of rotatable bonds is 3. The van der Waals surface area contributed by atoms with E-state index in [1.54, 1.807) is 20.8 Å². The van der Waals surface area contributed by atoms with E-state index < -0.39 is 11.4 Å². The average molecular weight is 251 g/mol. The summed E-state index contributed by atoms with van der Waals surface area (Å²) in [5, 5.41) is 11.7. The highest BCUT2D eigenvalue weighted by atomic mass is 16.5. The lowest BCUT2D eigenvalue weighted by atomic mass is 9.95. The van der Waals surface area contributed by atoms with Crippen LogP contribution in [0.4, 0.5) is 5.69 Å². The van der Waals surface area contributed by atoms with Crippen LogP contribution in [0, 0.1) is 5.41 Å². The van der Waals surface area contributed by atoms with Gasteiger partial charge in [0.2, 0.25) is 5.91 Å². The molecule has 1 rings (SSSR count). The van der Waals surface area contributed by atoms with Gasteiger partial charge < -0.3 is 15.2 Å². The molecule has 1 aromatic carbocycles. The minimum absolute atomic E-state index is 0.0356. The fourth-order valence-electron chi connectivity index (χ4n) is 1.25. The molecule has 0 heterocycles. The Balaban J connectivity index is 3.12. The number of nitrogens with one attached hydrogen (secondary N) is 1. The molecule has 18 heavy (non-hydrogen) atoms. The van der Waals surface area contributed by atoms with Crippen molar-refractivity contribution in [1.29, 1.82) is 0 Å². The Bertz CT molecular complexity index is 474. The summed E-state index contributed by atoms with van der Waals surface area (Å²) in [6, 6.07) is 4.43. The molecule has 5 nitrogen and oxygen atoms in total. The highest BCUT2D eigenvalue weighted by Gasteiger charge is 2.23. The SMILES string of the molecule is COc1ccc(C(=O)O)c(NC(=O)C(C)(C)C)c1. The van der Waals surface area contributed by atoms with Gasteiger partial charge in [0.25, 0.3) is 0 Å². The number of hydrogen-bond acceptors (Lipinski definition) is 3. The maximum absolute atomic E-state index is 11.9. The van der Waals surface area contributed by atoms with E-state index in [0.29, 0.717) is 5.75 Å². The summed E-state index contributed by atoms with van der Waals surface area (Å²) >= 11 is 0. The Labute approximate surface area is 106 Å². The molecule has 0 unspecified atom stereocenters. The third-order valence-corrected chi connectivity index (χ3v) is 2.39. The molecular formula is C13H17NO4. The lowest BCUT2D eigenvalue weighted by Crippen LogP contribution is -2.28. The van der Waals surface area contributed by atoms with Crippen LogP contribution in [0.1, 0.15) is 31.1 Å². The molecule has 0 aliphatic rings. The number of amides is 1. The normalized spacial score (nSPS) is 10.9. The predicted octanol–water partition coefficient (Wildman–Crippen LogP) is 2.38. The number of aromatic carboxylic acids is 1. The summed E-state index contributed by atoms with van der Waals surface area (Å²) in [6.45, 7) is 5.26. The minimum atomic E-state index is -1.10. The van der Waals surface area contributed by atoms with Crippen LogP contribution in [-0.4, -0.2) is 24.1 Å². The molecule has 0 atom stereocenters. The van der Waals surface area contributed by atoms with E-state index in [-0.39, 0.29) is 17.2 Å². The van der Waals surface area contributed by atoms with Gasteiger partial charge in [0.05, 0.1) is 18.4 Å². The zero-order chi connectivity index (χ0) is 13.9. The maximum atomic E-state index is 11.9. The summed E-state index contributed by atoms with van der Waals surface area (Å²) in [5.41, 5.74) is -0.325. The molecule has 0 aliphatic carbocycles. The first kappa shape index (κ1) is 14.0. The van der Waals surface area contributed by atoms with Crippen LogP contribution in [0.15, 0.2) is 18.2 Å². The van der Waals surface area contributed by atoms with Crippen molar-refractivity contribution in [3.05, 3.63) is 23.8 Å². The summed E-state index contributed by atoms with van der Waals surface area (Å²) < 4.78 is 5.01. The number of ether oxygens (including phenoxy) is 1. The molecule has 0 saturated heterocycles. The van der Waals surface area contributed by atoms with Gasteiger partial charge in [-0.15, -0.1) is 0 Å². The van der Waals surface area contributed by atoms with Crippen molar-refractivity contribution in [2.24, 2.45) is 5.41 Å². The second kappa shape index (κ2) is 5.08. The van der Waals surface area contributed by atoms with Crippen LogP contribution in [0.25, 0.3) is 0 Å². The first-order valence-corrected chi connectivity index (χ1v) is 5.48. The lowest BCUT2D eigenvalue weighted by Gasteiger charge is -2.19. The molecule has 0 bridgehead atoms. The van der Waals surface area contributed by atoms with Crippen molar-refractivity contribution in [2.45, 2.75) is 20.8 Å². The number of carbonyl (C=O) groups excluding carboxylic acids is 1. The van der Waals surface area contributed by atoms with E-state index >= 15 is 0 Å². The van der Waals surface area contributed by atoms with Gasteiger partial charge >= 0.3 is 5.97 Å². The van der Waals surface area contributed by atoms with Crippen molar-refractivity contribution in [3.8, 4) is 5.75 Å². The van der Waals surface area contributed by atoms with Crippen LogP contribution in [0.3, 0.4) is 0 Å². The number of hydrogen-bond donors (Lipinski definition) is 2. The molecule has 0 radical (unpaired) electrons. The van der Waals surface area contributed by atoms with Crippen LogP contribution in [0.5, 0.6) is 5.75 Å². The van der Waals surface area contributed by atoms with E-state index in [1.165, 1.54) is 25.3 Å². The van der Waals surface area contributed by atoms with Gasteiger partial charge in [-0.25, -0.2) is 4.79 Å². The van der Waals surface area contributed by atoms with Crippen LogP contribution >= 0.6 is 0 Å². The number of anilines is 1. The molecule has 0 saturated carbocycles. The van der Waals surface area contributed by atoms with E-state index in [4.69, 9.17) is 9.84 Å². The minimum Gasteiger partial charge on any atom is -0.497 e. The zero-order valence-electron chi connectivity index (χ0n) is 10.9. The molecule has 98 valence electrons. The molecule has 5 heteroatoms. The standard InChI is InChI=1S/C13H17NO4/c1-13(2,3)12(17)14-10-7-8(18-4)5-6-9(10)11(15)16/h5-7H,1-4H3,(H,14,17)(H,15,16). The number of methoxy groups -OCH3 is 1. The van der Waals surface area contributed by atoms with E-state index in [2.05, 4.69) is 5.32 Å². The molecule has 0 fully saturated rings. The van der Waals surface area contributed by atoms with E-state index in [9.17, 15) is 9.59 Å². The second-order valence-corrected chi connectivity index (χ2v) is 4.92. The summed E-state index contributed by atoms with van der Waals surface area (Å²) in [7, 11) is 1.48. The predicted molar refractivity (Wildman–Crippen MR) is 68.0 cm³/mol. The monoisotopic (exact) mass is 251 g/mol. The van der Waals surface area contributed by atoms with Crippen molar-refractivity contribution in [2.75, 3.05) is 12.4 Å². The molecule has 0 spiro atoms. The van der Waals surface area contributed by atoms with Gasteiger partial charge in [-0.2, -0.15) is 0 Å². The van der Waals surface area contributed by atoms with Gasteiger partial charge in [0.1, 0.15) is 5.75 Å². The third kappa shape index (κ3) is 3.23. The highest BCUT2D eigenvalue weighted by molar-refractivity contribution is 6.02. The first-order valence-electron chi connectivity index (χ1n) is 5.48. The average Bonchev–Trinajstić information content (AvgIpc) is 2.27. The van der Waals surface area contributed by atoms with Crippen molar-refractivity contribution in [1.82, 2.24) is 0 Å². The molecule has 1 amide bonds. The largest absolute Gasteiger partial charge is 0.497 e. The van der Waals surface area contributed by atoms with Gasteiger partial charge in [0.15, 0.2) is 0 Å². The van der Waals surface area contributed by atoms with Crippen LogP contribution < -0.4 is 10.1 Å². The zero-order valence-corrected chi connectivity index (χ0v) is 10.9. The maximum Gasteiger partial charge on any atom is 0.337 e. The Morgan fingerprint density at radius 2 is 1.89 bits per heavy atom. The topological polar surface area (TPSA) is 75.6 Å². The van der Waals surface area contributed by atoms with Crippen LogP contribution in [-0.2, 0) is 4.79 Å². The third-order valence-electron chi connectivity index (χ3n) is 2.39. The van der Waals surface area contributed by atoms with Gasteiger partial charge in [-0.1, -0.05) is 20.8 Å². The highest BCUT2D eigenvalue weighted by Crippen LogP contribution is 2.25. The Kier molecular flexibility index (Phi) is 3.96. The fraction of sp³-hybridized carbons (Fsp3) is 0.385. The van der Waals surface area contributed by atoms with E-state index in [0.717, 1.165) is 0 Å². The number of carboxylic acids is 1.